The van der Waals surface area contributed by atoms with Crippen molar-refractivity contribution in [2.24, 2.45) is 0 Å². The van der Waals surface area contributed by atoms with Crippen molar-refractivity contribution in [1.82, 2.24) is 9.88 Å². The molecule has 0 aliphatic carbocycles. The maximum absolute atomic E-state index is 5.97. The predicted molar refractivity (Wildman–Crippen MR) is 88.4 cm³/mol. The van der Waals surface area contributed by atoms with Crippen LogP contribution in [0.4, 0.5) is 0 Å². The van der Waals surface area contributed by atoms with Crippen LogP contribution in [0.1, 0.15) is 58.1 Å². The summed E-state index contributed by atoms with van der Waals surface area (Å²) >= 11 is 0. The summed E-state index contributed by atoms with van der Waals surface area (Å²) < 4.78 is 17.6. The molecule has 1 aromatic rings. The lowest BCUT2D eigenvalue weighted by Crippen LogP contribution is -2.37. The summed E-state index contributed by atoms with van der Waals surface area (Å²) in [6, 6.07) is 0. The Kier molecular flexibility index (Phi) is 5.39. The van der Waals surface area contributed by atoms with E-state index < -0.39 is 0 Å². The molecule has 0 spiro atoms. The molecular formula is C18H30N2O3. The topological polar surface area (TPSA) is 47.7 Å². The second-order valence-electron chi connectivity index (χ2n) is 7.83. The highest BCUT2D eigenvalue weighted by molar-refractivity contribution is 5.06. The molecule has 2 saturated heterocycles. The van der Waals surface area contributed by atoms with Gasteiger partial charge in [0.15, 0.2) is 0 Å². The van der Waals surface area contributed by atoms with Gasteiger partial charge in [0.1, 0.15) is 5.76 Å². The lowest BCUT2D eigenvalue weighted by atomic mass is 9.94. The Morgan fingerprint density at radius 3 is 2.13 bits per heavy atom. The van der Waals surface area contributed by atoms with Crippen molar-refractivity contribution >= 4 is 0 Å². The first-order valence-electron chi connectivity index (χ1n) is 8.91. The van der Waals surface area contributed by atoms with Crippen LogP contribution in [0.5, 0.6) is 0 Å². The van der Waals surface area contributed by atoms with Gasteiger partial charge in [-0.1, -0.05) is 20.8 Å². The minimum Gasteiger partial charge on any atom is -0.444 e. The van der Waals surface area contributed by atoms with Gasteiger partial charge in [0.2, 0.25) is 5.89 Å². The molecule has 3 rings (SSSR count). The van der Waals surface area contributed by atoms with Crippen molar-refractivity contribution in [2.75, 3.05) is 26.3 Å². The highest BCUT2D eigenvalue weighted by atomic mass is 16.5. The van der Waals surface area contributed by atoms with E-state index in [1.165, 1.54) is 12.8 Å². The lowest BCUT2D eigenvalue weighted by molar-refractivity contribution is 0.0313. The zero-order chi connectivity index (χ0) is 16.3. The van der Waals surface area contributed by atoms with Gasteiger partial charge in [-0.3, -0.25) is 4.90 Å². The van der Waals surface area contributed by atoms with Gasteiger partial charge in [0.25, 0.3) is 0 Å². The van der Waals surface area contributed by atoms with Crippen LogP contribution in [-0.2, 0) is 21.4 Å². The minimum atomic E-state index is -0.000787. The van der Waals surface area contributed by atoms with Gasteiger partial charge in [-0.05, 0) is 25.7 Å². The standard InChI is InChI=1S/C18H30N2O3/c1-18(2,3)16-10-19-17(23-16)13-20(11-14-6-4-8-21-14)12-15-7-5-9-22-15/h10,14-15H,4-9,11-13H2,1-3H3/t14-,15+. The highest BCUT2D eigenvalue weighted by Gasteiger charge is 2.26. The summed E-state index contributed by atoms with van der Waals surface area (Å²) in [5.74, 6) is 1.74. The van der Waals surface area contributed by atoms with E-state index in [9.17, 15) is 0 Å². The van der Waals surface area contributed by atoms with Crippen molar-refractivity contribution in [3.8, 4) is 0 Å². The molecule has 0 amide bonds. The van der Waals surface area contributed by atoms with Gasteiger partial charge >= 0.3 is 0 Å². The van der Waals surface area contributed by atoms with E-state index in [4.69, 9.17) is 13.9 Å². The third-order valence-corrected chi connectivity index (χ3v) is 4.62. The summed E-state index contributed by atoms with van der Waals surface area (Å²) in [6.45, 7) is 10.8. The van der Waals surface area contributed by atoms with Crippen molar-refractivity contribution < 1.29 is 13.9 Å². The number of oxazole rings is 1. The van der Waals surface area contributed by atoms with Gasteiger partial charge in [-0.2, -0.15) is 0 Å². The summed E-state index contributed by atoms with van der Waals surface area (Å²) in [5.41, 5.74) is -0.000787. The Bertz CT molecular complexity index is 465. The largest absolute Gasteiger partial charge is 0.444 e. The minimum absolute atomic E-state index is 0.000787. The molecule has 0 saturated carbocycles. The van der Waals surface area contributed by atoms with Crippen LogP contribution in [0.3, 0.4) is 0 Å². The van der Waals surface area contributed by atoms with E-state index in [1.807, 2.05) is 6.20 Å². The smallest absolute Gasteiger partial charge is 0.208 e. The molecule has 130 valence electrons. The molecule has 0 bridgehead atoms. The van der Waals surface area contributed by atoms with Crippen molar-refractivity contribution in [1.29, 1.82) is 0 Å². The van der Waals surface area contributed by atoms with Crippen LogP contribution in [0, 0.1) is 0 Å². The van der Waals surface area contributed by atoms with E-state index in [-0.39, 0.29) is 5.41 Å². The molecule has 5 heteroatoms. The fraction of sp³-hybridized carbons (Fsp3) is 0.833. The zero-order valence-corrected chi connectivity index (χ0v) is 14.7. The molecule has 5 nitrogen and oxygen atoms in total. The molecule has 0 radical (unpaired) electrons. The molecule has 23 heavy (non-hydrogen) atoms. The Morgan fingerprint density at radius 2 is 1.70 bits per heavy atom. The summed E-state index contributed by atoms with van der Waals surface area (Å²) in [7, 11) is 0. The van der Waals surface area contributed by atoms with Crippen molar-refractivity contribution in [3.05, 3.63) is 17.8 Å². The average molecular weight is 322 g/mol. The third-order valence-electron chi connectivity index (χ3n) is 4.62. The Morgan fingerprint density at radius 1 is 1.09 bits per heavy atom. The van der Waals surface area contributed by atoms with E-state index >= 15 is 0 Å². The number of rotatable bonds is 6. The fourth-order valence-electron chi connectivity index (χ4n) is 3.28. The number of nitrogens with zero attached hydrogens (tertiary/aromatic N) is 2. The molecule has 2 fully saturated rings. The second kappa shape index (κ2) is 7.32. The third kappa shape index (κ3) is 4.78. The number of aromatic nitrogens is 1. The molecule has 2 atom stereocenters. The first-order valence-corrected chi connectivity index (χ1v) is 8.91. The van der Waals surface area contributed by atoms with Gasteiger partial charge in [-0.15, -0.1) is 0 Å². The van der Waals surface area contributed by atoms with E-state index in [0.717, 1.165) is 57.3 Å². The number of ether oxygens (including phenoxy) is 2. The van der Waals surface area contributed by atoms with Crippen LogP contribution in [0.2, 0.25) is 0 Å². The van der Waals surface area contributed by atoms with Crippen LogP contribution < -0.4 is 0 Å². The van der Waals surface area contributed by atoms with Crippen LogP contribution in [0.15, 0.2) is 10.6 Å². The molecule has 0 unspecified atom stereocenters. The maximum Gasteiger partial charge on any atom is 0.208 e. The Labute approximate surface area is 139 Å². The quantitative estimate of drug-likeness (QED) is 0.805. The second-order valence-corrected chi connectivity index (χ2v) is 7.83. The van der Waals surface area contributed by atoms with E-state index in [1.54, 1.807) is 0 Å². The monoisotopic (exact) mass is 322 g/mol. The summed E-state index contributed by atoms with van der Waals surface area (Å²) in [6.07, 6.45) is 7.20. The molecule has 0 aromatic carbocycles. The predicted octanol–water partition coefficient (Wildman–Crippen LogP) is 3.13. The van der Waals surface area contributed by atoms with E-state index in [0.29, 0.717) is 12.2 Å². The Hall–Kier alpha value is -0.910. The Balaban J connectivity index is 1.62. The molecule has 2 aliphatic rings. The average Bonchev–Trinajstić information content (AvgIpc) is 3.18. The fourth-order valence-corrected chi connectivity index (χ4v) is 3.28. The van der Waals surface area contributed by atoms with E-state index in [2.05, 4.69) is 30.7 Å². The normalized spacial score (nSPS) is 25.6. The van der Waals surface area contributed by atoms with Crippen molar-refractivity contribution in [2.45, 2.75) is 70.6 Å². The number of hydrogen-bond donors (Lipinski definition) is 0. The zero-order valence-electron chi connectivity index (χ0n) is 14.7. The van der Waals surface area contributed by atoms with Crippen LogP contribution in [-0.4, -0.2) is 48.4 Å². The first-order chi connectivity index (χ1) is 11.0. The maximum atomic E-state index is 5.97. The molecule has 3 heterocycles. The lowest BCUT2D eigenvalue weighted by Gasteiger charge is -2.26. The SMILES string of the molecule is CC(C)(C)c1cnc(CN(C[C@H]2CCCO2)C[C@@H]2CCCO2)o1. The number of hydrogen-bond acceptors (Lipinski definition) is 5. The van der Waals surface area contributed by atoms with Crippen molar-refractivity contribution in [3.63, 3.8) is 0 Å². The van der Waals surface area contributed by atoms with Crippen LogP contribution >= 0.6 is 0 Å². The first kappa shape index (κ1) is 16.9. The molecular weight excluding hydrogens is 292 g/mol. The van der Waals surface area contributed by atoms with Gasteiger partial charge < -0.3 is 13.9 Å². The van der Waals surface area contributed by atoms with Gasteiger partial charge in [0, 0.05) is 31.7 Å². The summed E-state index contributed by atoms with van der Waals surface area (Å²) in [4.78, 5) is 6.87. The highest BCUT2D eigenvalue weighted by Crippen LogP contribution is 2.24. The summed E-state index contributed by atoms with van der Waals surface area (Å²) in [5, 5.41) is 0. The van der Waals surface area contributed by atoms with Crippen LogP contribution in [0.25, 0.3) is 0 Å². The van der Waals surface area contributed by atoms with Gasteiger partial charge in [0.05, 0.1) is 24.9 Å². The molecule has 0 N–H and O–H groups in total. The van der Waals surface area contributed by atoms with Gasteiger partial charge in [-0.25, -0.2) is 4.98 Å². The molecule has 2 aliphatic heterocycles. The molecule has 1 aromatic heterocycles.